The third kappa shape index (κ3) is 3.70. The molecule has 8 rings (SSSR count). The highest BCUT2D eigenvalue weighted by Gasteiger charge is 2.61. The maximum absolute atomic E-state index is 10.4. The number of allylic oxidation sites excluding steroid dienone is 2. The van der Waals surface area contributed by atoms with E-state index < -0.39 is 0 Å². The van der Waals surface area contributed by atoms with Gasteiger partial charge in [-0.05, 0) is 93.0 Å². The first-order valence-corrected chi connectivity index (χ1v) is 16.7. The molecule has 1 aromatic rings. The number of aromatic amines is 1. The molecule has 0 amide bonds. The molecular weight excluding hydrogens is 496 g/mol. The second-order valence-corrected chi connectivity index (χ2v) is 15.5. The van der Waals surface area contributed by atoms with Crippen LogP contribution in [0, 0.1) is 35.0 Å². The van der Waals surface area contributed by atoms with Gasteiger partial charge in [0.05, 0.1) is 24.4 Å². The molecule has 0 radical (unpaired) electrons. The predicted octanol–water partition coefficient (Wildman–Crippen LogP) is 4.69. The van der Waals surface area contributed by atoms with Crippen molar-refractivity contribution in [2.75, 3.05) is 6.54 Å². The van der Waals surface area contributed by atoms with Gasteiger partial charge in [-0.3, -0.25) is 4.90 Å². The Morgan fingerprint density at radius 2 is 1.98 bits per heavy atom. The van der Waals surface area contributed by atoms with Crippen molar-refractivity contribution >= 4 is 0 Å². The van der Waals surface area contributed by atoms with Crippen molar-refractivity contribution in [1.82, 2.24) is 9.70 Å². The number of rotatable bonds is 3. The summed E-state index contributed by atoms with van der Waals surface area (Å²) < 4.78 is 9.78. The molecule has 2 aliphatic heterocycles. The largest absolute Gasteiger partial charge is 0.393 e. The van der Waals surface area contributed by atoms with E-state index in [0.717, 1.165) is 50.1 Å². The van der Waals surface area contributed by atoms with Crippen molar-refractivity contribution in [2.45, 2.75) is 128 Å². The zero-order chi connectivity index (χ0) is 27.6. The van der Waals surface area contributed by atoms with Gasteiger partial charge >= 0.3 is 0 Å². The summed E-state index contributed by atoms with van der Waals surface area (Å²) >= 11 is 0. The van der Waals surface area contributed by atoms with Gasteiger partial charge in [0.1, 0.15) is 7.05 Å². The molecule has 6 heteroatoms. The van der Waals surface area contributed by atoms with Gasteiger partial charge in [-0.25, -0.2) is 0 Å². The van der Waals surface area contributed by atoms with Crippen LogP contribution in [-0.4, -0.2) is 45.2 Å². The smallest absolute Gasteiger partial charge is 0.288 e. The van der Waals surface area contributed by atoms with E-state index in [4.69, 9.17) is 4.74 Å². The Labute approximate surface area is 240 Å². The highest BCUT2D eigenvalue weighted by Crippen LogP contribution is 2.65. The average molecular weight is 549 g/mol. The van der Waals surface area contributed by atoms with Crippen LogP contribution < -0.4 is 9.78 Å². The summed E-state index contributed by atoms with van der Waals surface area (Å²) in [6.45, 7) is 12.1. The van der Waals surface area contributed by atoms with Crippen molar-refractivity contribution in [2.24, 2.45) is 42.1 Å². The fourth-order valence-corrected chi connectivity index (χ4v) is 11.2. The monoisotopic (exact) mass is 548 g/mol. The first kappa shape index (κ1) is 26.2. The Morgan fingerprint density at radius 1 is 1.15 bits per heavy atom. The molecule has 10 atom stereocenters. The maximum Gasteiger partial charge on any atom is 0.288 e. The third-order valence-electron chi connectivity index (χ3n) is 13.3. The molecule has 2 N–H and O–H groups in total. The summed E-state index contributed by atoms with van der Waals surface area (Å²) in [5, 5.41) is 14.1. The van der Waals surface area contributed by atoms with E-state index in [9.17, 15) is 5.11 Å². The lowest BCUT2D eigenvalue weighted by Crippen LogP contribution is -2.52. The minimum absolute atomic E-state index is 0.0920. The molecule has 2 saturated heterocycles. The van der Waals surface area contributed by atoms with Gasteiger partial charge in [0.2, 0.25) is 0 Å². The SMILES string of the molecule is CC1=C2CC3C(CC=C4CC(O)CCC43C)C2CCC12OC1CC(C)CN(Cc3c[n+](C4CC4)n(C)[nH+]3)C1C2C. The van der Waals surface area contributed by atoms with E-state index >= 15 is 0 Å². The highest BCUT2D eigenvalue weighted by molar-refractivity contribution is 5.38. The van der Waals surface area contributed by atoms with E-state index in [1.165, 1.54) is 50.6 Å². The summed E-state index contributed by atoms with van der Waals surface area (Å²) in [6.07, 6.45) is 17.0. The molecule has 218 valence electrons. The quantitative estimate of drug-likeness (QED) is 0.441. The van der Waals surface area contributed by atoms with Crippen LogP contribution in [0.25, 0.3) is 0 Å². The molecule has 10 unspecified atom stereocenters. The van der Waals surface area contributed by atoms with Gasteiger partial charge in [0.15, 0.2) is 6.04 Å². The molecule has 7 aliphatic rings. The number of likely N-dealkylation sites (tertiary alicyclic amines) is 1. The van der Waals surface area contributed by atoms with Crippen LogP contribution in [0.5, 0.6) is 0 Å². The number of aliphatic hydroxyl groups is 1. The number of hydrogen-bond acceptors (Lipinski definition) is 3. The second kappa shape index (κ2) is 9.00. The Balaban J connectivity index is 1.08. The first-order valence-electron chi connectivity index (χ1n) is 16.7. The van der Waals surface area contributed by atoms with Gasteiger partial charge in [0, 0.05) is 36.1 Å². The molecule has 1 aromatic heterocycles. The van der Waals surface area contributed by atoms with E-state index in [-0.39, 0.29) is 17.1 Å². The summed E-state index contributed by atoms with van der Waals surface area (Å²) in [7, 11) is 2.15. The number of H-pyrrole nitrogens is 1. The second-order valence-electron chi connectivity index (χ2n) is 15.5. The van der Waals surface area contributed by atoms with Crippen LogP contribution in [-0.2, 0) is 18.3 Å². The third-order valence-corrected chi connectivity index (χ3v) is 13.3. The van der Waals surface area contributed by atoms with Crippen LogP contribution in [0.15, 0.2) is 29.0 Å². The lowest BCUT2D eigenvalue weighted by atomic mass is 9.56. The van der Waals surface area contributed by atoms with Crippen molar-refractivity contribution in [3.8, 4) is 0 Å². The highest BCUT2D eigenvalue weighted by atomic mass is 16.5. The summed E-state index contributed by atoms with van der Waals surface area (Å²) in [5.41, 5.74) is 6.49. The molecule has 3 heterocycles. The zero-order valence-corrected chi connectivity index (χ0v) is 25.5. The van der Waals surface area contributed by atoms with E-state index in [1.807, 2.05) is 0 Å². The Kier molecular flexibility index (Phi) is 5.88. The van der Waals surface area contributed by atoms with Gasteiger partial charge in [0.25, 0.3) is 11.9 Å². The van der Waals surface area contributed by atoms with Gasteiger partial charge in [-0.2, -0.15) is 0 Å². The molecule has 5 aliphatic carbocycles. The number of nitrogens with one attached hydrogen (secondary N) is 1. The Morgan fingerprint density at radius 3 is 2.77 bits per heavy atom. The average Bonchev–Trinajstić information content (AvgIpc) is 3.49. The minimum Gasteiger partial charge on any atom is -0.393 e. The Bertz CT molecular complexity index is 1260. The number of ether oxygens (including phenoxy) is 1. The standard InChI is InChI=1S/C34H51N4O2/c1-20-14-31-32(37(17-20)18-24-19-38(25-7-8-25)36(5)35-24)22(3)34(40-31)13-11-27-28-9-6-23-15-26(39)10-12-33(23,4)30(28)16-29(27)21(34)2/h6,19-20,22,25-28,30-32,39H,7-18H2,1-5H3/q+1/p+1. The molecule has 6 nitrogen and oxygen atoms in total. The lowest BCUT2D eigenvalue weighted by molar-refractivity contribution is -0.846. The molecule has 1 spiro atoms. The molecular formula is C34H52N4O2+2. The van der Waals surface area contributed by atoms with Crippen molar-refractivity contribution in [3.63, 3.8) is 0 Å². The van der Waals surface area contributed by atoms with Crippen LogP contribution in [0.1, 0.15) is 104 Å². The molecule has 40 heavy (non-hydrogen) atoms. The van der Waals surface area contributed by atoms with Crippen LogP contribution in [0.2, 0.25) is 0 Å². The topological polar surface area (TPSA) is 55.7 Å². The van der Waals surface area contributed by atoms with Crippen molar-refractivity contribution < 1.29 is 19.6 Å². The normalized spacial score (nSPS) is 46.7. The van der Waals surface area contributed by atoms with E-state index in [0.29, 0.717) is 30.0 Å². The predicted molar refractivity (Wildman–Crippen MR) is 153 cm³/mol. The molecule has 0 bridgehead atoms. The lowest BCUT2D eigenvalue weighted by Gasteiger charge is -2.49. The van der Waals surface area contributed by atoms with Crippen LogP contribution >= 0.6 is 0 Å². The van der Waals surface area contributed by atoms with Gasteiger partial charge in [-0.1, -0.05) is 47.8 Å². The molecule has 0 aromatic carbocycles. The van der Waals surface area contributed by atoms with E-state index in [2.05, 4.69) is 66.5 Å². The number of fused-ring (bicyclic) bond motifs is 6. The van der Waals surface area contributed by atoms with Crippen LogP contribution in [0.3, 0.4) is 0 Å². The maximum atomic E-state index is 10.4. The van der Waals surface area contributed by atoms with E-state index in [1.54, 1.807) is 16.7 Å². The van der Waals surface area contributed by atoms with Crippen molar-refractivity contribution in [1.29, 1.82) is 0 Å². The number of aryl methyl sites for hydroxylation is 1. The van der Waals surface area contributed by atoms with Gasteiger partial charge in [-0.15, -0.1) is 0 Å². The number of hydrogen-bond donors (Lipinski definition) is 1. The first-order chi connectivity index (χ1) is 19.2. The fourth-order valence-electron chi connectivity index (χ4n) is 11.2. The number of aliphatic hydroxyl groups excluding tert-OH is 1. The minimum atomic E-state index is -0.127. The fraction of sp³-hybridized carbons (Fsp3) is 0.824. The van der Waals surface area contributed by atoms with Crippen LogP contribution in [0.4, 0.5) is 0 Å². The summed E-state index contributed by atoms with van der Waals surface area (Å²) in [6, 6.07) is 1.17. The molecule has 5 fully saturated rings. The zero-order valence-electron chi connectivity index (χ0n) is 25.5. The summed E-state index contributed by atoms with van der Waals surface area (Å²) in [5.74, 6) is 3.44. The van der Waals surface area contributed by atoms with Gasteiger partial charge < -0.3 is 9.84 Å². The summed E-state index contributed by atoms with van der Waals surface area (Å²) in [4.78, 5) is 4.97. The number of aromatic nitrogens is 3. The van der Waals surface area contributed by atoms with Crippen molar-refractivity contribution in [3.05, 3.63) is 34.7 Å². The Hall–Kier alpha value is -1.50. The number of nitrogens with zero attached hydrogens (tertiary/aromatic N) is 3. The molecule has 3 saturated carbocycles. The number of piperidine rings is 1.